The molecule has 0 saturated carbocycles. The van der Waals surface area contributed by atoms with Crippen molar-refractivity contribution in [3.63, 3.8) is 0 Å². The van der Waals surface area contributed by atoms with Crippen molar-refractivity contribution in [2.75, 3.05) is 19.6 Å². The molecule has 0 aromatic heterocycles. The van der Waals surface area contributed by atoms with E-state index in [1.165, 1.54) is 5.32 Å². The SMILES string of the molecule is [2H]C1([2H])NC([2H])(O)C([2H])([2H])OC1([2H])[2H]. The van der Waals surface area contributed by atoms with E-state index < -0.39 is 25.8 Å². The Labute approximate surface area is 52.1 Å². The van der Waals surface area contributed by atoms with Crippen molar-refractivity contribution < 1.29 is 19.4 Å². The van der Waals surface area contributed by atoms with E-state index in [9.17, 15) is 0 Å². The largest absolute Gasteiger partial charge is 0.376 e. The van der Waals surface area contributed by atoms with Gasteiger partial charge in [0.25, 0.3) is 0 Å². The standard InChI is InChI=1S/C4H9NO2/c6-4-3-7-2-1-5-4/h4-6H,1-3H2/i1D2,2D2,3D2,4D. The Bertz CT molecular complexity index is 202. The molecule has 1 aliphatic rings. The minimum Gasteiger partial charge on any atom is -0.376 e. The van der Waals surface area contributed by atoms with Crippen LogP contribution in [0.25, 0.3) is 0 Å². The molecule has 0 amide bonds. The number of morpholine rings is 1. The number of hydrogen-bond donors (Lipinski definition) is 2. The van der Waals surface area contributed by atoms with Gasteiger partial charge in [-0.25, -0.2) is 0 Å². The zero-order valence-electron chi connectivity index (χ0n) is 10.4. The van der Waals surface area contributed by atoms with E-state index in [0.29, 0.717) is 0 Å². The van der Waals surface area contributed by atoms with Gasteiger partial charge in [0.05, 0.1) is 20.0 Å². The minimum absolute atomic E-state index is 1.49. The Hall–Kier alpha value is -0.120. The second-order valence-corrected chi connectivity index (χ2v) is 0.905. The summed E-state index contributed by atoms with van der Waals surface area (Å²) in [4.78, 5) is 0. The molecule has 1 unspecified atom stereocenters. The highest BCUT2D eigenvalue weighted by molar-refractivity contribution is 4.55. The molecule has 0 aliphatic carbocycles. The van der Waals surface area contributed by atoms with Gasteiger partial charge in [0.1, 0.15) is 6.20 Å². The van der Waals surface area contributed by atoms with E-state index in [0.717, 1.165) is 0 Å². The first-order valence-electron chi connectivity index (χ1n) is 5.13. The monoisotopic (exact) mass is 110 g/mol. The molecule has 1 saturated heterocycles. The molecule has 0 spiro atoms. The summed E-state index contributed by atoms with van der Waals surface area (Å²) in [6.45, 7) is -8.86. The minimum atomic E-state index is -3.04. The van der Waals surface area contributed by atoms with Crippen molar-refractivity contribution in [1.29, 1.82) is 0 Å². The summed E-state index contributed by atoms with van der Waals surface area (Å²) in [5.74, 6) is 0. The Morgan fingerprint density at radius 1 is 2.14 bits per heavy atom. The van der Waals surface area contributed by atoms with Crippen LogP contribution in [0.4, 0.5) is 0 Å². The van der Waals surface area contributed by atoms with Gasteiger partial charge < -0.3 is 9.84 Å². The van der Waals surface area contributed by atoms with Crippen molar-refractivity contribution in [1.82, 2.24) is 5.32 Å². The normalized spacial score (nSPS) is 79.9. The fraction of sp³-hybridized carbons (Fsp3) is 1.00. The molecule has 1 aliphatic heterocycles. The molecule has 2 N–H and O–H groups in total. The Balaban J connectivity index is 3.07. The van der Waals surface area contributed by atoms with E-state index in [4.69, 9.17) is 14.7 Å². The molecule has 3 heteroatoms. The van der Waals surface area contributed by atoms with Crippen LogP contribution in [0.15, 0.2) is 0 Å². The topological polar surface area (TPSA) is 41.5 Å². The maximum Gasteiger partial charge on any atom is 0.128 e. The van der Waals surface area contributed by atoms with Crippen molar-refractivity contribution in [3.8, 4) is 0 Å². The Morgan fingerprint density at radius 3 is 3.71 bits per heavy atom. The smallest absolute Gasteiger partial charge is 0.128 e. The third-order valence-corrected chi connectivity index (χ3v) is 0.431. The first-order valence-corrected chi connectivity index (χ1v) is 1.63. The third kappa shape index (κ3) is 1.43. The highest BCUT2D eigenvalue weighted by atomic mass is 16.5. The zero-order chi connectivity index (χ0) is 11.4. The van der Waals surface area contributed by atoms with E-state index in [2.05, 4.69) is 4.74 Å². The van der Waals surface area contributed by atoms with Crippen LogP contribution in [0.3, 0.4) is 0 Å². The predicted molar refractivity (Wildman–Crippen MR) is 24.8 cm³/mol. The van der Waals surface area contributed by atoms with Crippen LogP contribution >= 0.6 is 0 Å². The second-order valence-electron chi connectivity index (χ2n) is 0.905. The van der Waals surface area contributed by atoms with Gasteiger partial charge in [0.2, 0.25) is 0 Å². The van der Waals surface area contributed by atoms with Crippen LogP contribution in [0.2, 0.25) is 0 Å². The van der Waals surface area contributed by atoms with E-state index in [-0.39, 0.29) is 0 Å². The highest BCUT2D eigenvalue weighted by Crippen LogP contribution is 1.85. The van der Waals surface area contributed by atoms with Gasteiger partial charge in [-0.05, 0) is 0 Å². The molecule has 0 radical (unpaired) electrons. The predicted octanol–water partition coefficient (Wildman–Crippen LogP) is -1.08. The fourth-order valence-corrected chi connectivity index (χ4v) is 0.210. The average Bonchev–Trinajstić information content (AvgIpc) is 1.78. The summed E-state index contributed by atoms with van der Waals surface area (Å²) in [5, 5.41) is 10.6. The summed E-state index contributed by atoms with van der Waals surface area (Å²) in [6.07, 6.45) is -3.04. The quantitative estimate of drug-likeness (QED) is 0.417. The summed E-state index contributed by atoms with van der Waals surface area (Å²) >= 11 is 0. The number of aliphatic hydroxyl groups is 1. The number of ether oxygens (including phenoxy) is 1. The molecular formula is C4H9NO2. The van der Waals surface area contributed by atoms with Crippen LogP contribution in [0.5, 0.6) is 0 Å². The third-order valence-electron chi connectivity index (χ3n) is 0.431. The molecule has 42 valence electrons. The van der Waals surface area contributed by atoms with Gasteiger partial charge in [-0.2, -0.15) is 0 Å². The van der Waals surface area contributed by atoms with Gasteiger partial charge in [-0.15, -0.1) is 0 Å². The summed E-state index contributed by atoms with van der Waals surface area (Å²) < 4.78 is 53.3. The molecule has 7 heavy (non-hydrogen) atoms. The van der Waals surface area contributed by atoms with Gasteiger partial charge in [-0.1, -0.05) is 0 Å². The van der Waals surface area contributed by atoms with E-state index in [1.807, 2.05) is 0 Å². The lowest BCUT2D eigenvalue weighted by atomic mass is 10.5. The van der Waals surface area contributed by atoms with Crippen LogP contribution in [0.1, 0.15) is 9.60 Å². The van der Waals surface area contributed by atoms with Crippen molar-refractivity contribution in [2.45, 2.75) is 6.20 Å². The van der Waals surface area contributed by atoms with Crippen molar-refractivity contribution >= 4 is 0 Å². The van der Waals surface area contributed by atoms with Gasteiger partial charge >= 0.3 is 0 Å². The molecule has 1 fully saturated rings. The van der Waals surface area contributed by atoms with Crippen LogP contribution in [0, 0.1) is 0 Å². The highest BCUT2D eigenvalue weighted by Gasteiger charge is 2.06. The summed E-state index contributed by atoms with van der Waals surface area (Å²) in [7, 11) is 0. The molecule has 0 bridgehead atoms. The molecule has 0 aromatic rings. The van der Waals surface area contributed by atoms with Gasteiger partial charge in [0.15, 0.2) is 0 Å². The number of hydrogen-bond acceptors (Lipinski definition) is 3. The van der Waals surface area contributed by atoms with Crippen LogP contribution < -0.4 is 5.32 Å². The van der Waals surface area contributed by atoms with Crippen molar-refractivity contribution in [3.05, 3.63) is 0 Å². The van der Waals surface area contributed by atoms with Gasteiger partial charge in [-0.3, -0.25) is 5.32 Å². The maximum absolute atomic E-state index is 9.12. The Kier molecular flexibility index (Phi) is 0.398. The van der Waals surface area contributed by atoms with E-state index >= 15 is 0 Å². The number of nitrogens with one attached hydrogen (secondary N) is 1. The maximum atomic E-state index is 9.12. The Morgan fingerprint density at radius 2 is 3.00 bits per heavy atom. The first kappa shape index (κ1) is 1.23. The lowest BCUT2D eigenvalue weighted by molar-refractivity contribution is -0.0161. The molecule has 1 atom stereocenters. The average molecular weight is 110 g/mol. The van der Waals surface area contributed by atoms with Crippen molar-refractivity contribution in [2.24, 2.45) is 0 Å². The first-order chi connectivity index (χ1) is 5.91. The van der Waals surface area contributed by atoms with Crippen LogP contribution in [-0.4, -0.2) is 30.9 Å². The van der Waals surface area contributed by atoms with Crippen LogP contribution in [-0.2, 0) is 4.74 Å². The molecular weight excluding hydrogens is 94.0 g/mol. The van der Waals surface area contributed by atoms with E-state index in [1.54, 1.807) is 0 Å². The molecule has 1 heterocycles. The van der Waals surface area contributed by atoms with Gasteiger partial charge in [0, 0.05) is 9.24 Å². The lowest BCUT2D eigenvalue weighted by Gasteiger charge is -2.17. The molecule has 3 nitrogen and oxygen atoms in total. The second kappa shape index (κ2) is 2.26. The lowest BCUT2D eigenvalue weighted by Crippen LogP contribution is -2.40. The number of rotatable bonds is 0. The zero-order valence-corrected chi connectivity index (χ0v) is 3.36. The fourth-order valence-electron chi connectivity index (χ4n) is 0.210. The molecule has 0 aromatic carbocycles. The molecule has 1 rings (SSSR count). The summed E-state index contributed by atoms with van der Waals surface area (Å²) in [5.41, 5.74) is 0. The summed E-state index contributed by atoms with van der Waals surface area (Å²) in [6, 6.07) is 0.